The van der Waals surface area contributed by atoms with Gasteiger partial charge in [0.15, 0.2) is 0 Å². The zero-order valence-electron chi connectivity index (χ0n) is 21.2. The zero-order chi connectivity index (χ0) is 27.0. The minimum absolute atomic E-state index is 0.0473. The van der Waals surface area contributed by atoms with Crippen molar-refractivity contribution in [3.8, 4) is 0 Å². The SMILES string of the molecule is C=C(C)C(=O)OCCO.C=CC(=O)OC(C)(C)C.C=CC(=O)OCCC.C=Cc1ccccc1. The largest absolute Gasteiger partial charge is 0.463 e. The summed E-state index contributed by atoms with van der Waals surface area (Å²) in [7, 11) is 0. The number of carbonyl (C=O) groups excluding carboxylic acids is 3. The van der Waals surface area contributed by atoms with Gasteiger partial charge < -0.3 is 19.3 Å². The fourth-order valence-corrected chi connectivity index (χ4v) is 1.46. The Hall–Kier alpha value is -3.45. The molecular formula is C27H40O7. The van der Waals surface area contributed by atoms with Gasteiger partial charge in [-0.15, -0.1) is 0 Å². The van der Waals surface area contributed by atoms with E-state index in [0.29, 0.717) is 12.2 Å². The van der Waals surface area contributed by atoms with Gasteiger partial charge in [-0.25, -0.2) is 14.4 Å². The van der Waals surface area contributed by atoms with Crippen molar-refractivity contribution in [3.63, 3.8) is 0 Å². The summed E-state index contributed by atoms with van der Waals surface area (Å²) in [5.41, 5.74) is 1.13. The van der Waals surface area contributed by atoms with E-state index in [4.69, 9.17) is 9.84 Å². The molecule has 0 aliphatic heterocycles. The molecule has 0 atom stereocenters. The third-order valence-corrected chi connectivity index (χ3v) is 2.90. The van der Waals surface area contributed by atoms with Gasteiger partial charge in [0, 0.05) is 17.7 Å². The van der Waals surface area contributed by atoms with Crippen LogP contribution < -0.4 is 0 Å². The van der Waals surface area contributed by atoms with Gasteiger partial charge in [0.25, 0.3) is 0 Å². The number of carbonyl (C=O) groups is 3. The highest BCUT2D eigenvalue weighted by Gasteiger charge is 2.12. The Labute approximate surface area is 204 Å². The van der Waals surface area contributed by atoms with E-state index in [1.54, 1.807) is 6.92 Å². The lowest BCUT2D eigenvalue weighted by molar-refractivity contribution is -0.148. The molecule has 0 radical (unpaired) electrons. The molecule has 0 heterocycles. The van der Waals surface area contributed by atoms with Crippen molar-refractivity contribution in [2.45, 2.75) is 46.6 Å². The number of rotatable bonds is 8. The van der Waals surface area contributed by atoms with Crippen LogP contribution in [0.25, 0.3) is 6.08 Å². The molecule has 7 nitrogen and oxygen atoms in total. The molecule has 1 aromatic carbocycles. The maximum Gasteiger partial charge on any atom is 0.333 e. The Balaban J connectivity index is -0.000000377. The number of aliphatic hydroxyl groups excluding tert-OH is 1. The molecule has 0 fully saturated rings. The summed E-state index contributed by atoms with van der Waals surface area (Å²) in [6, 6.07) is 10.0. The van der Waals surface area contributed by atoms with E-state index in [9.17, 15) is 14.4 Å². The Morgan fingerprint density at radius 2 is 1.47 bits per heavy atom. The Bertz CT molecular complexity index is 744. The quantitative estimate of drug-likeness (QED) is 0.318. The molecule has 0 aliphatic rings. The number of hydrogen-bond acceptors (Lipinski definition) is 7. The fraction of sp³-hybridized carbons (Fsp3) is 0.370. The molecule has 7 heteroatoms. The standard InChI is InChI=1S/C8H8.C7H12O2.C6H10O3.C6H10O2/c1-2-8-6-4-3-5-7-8;1-5-6(8)9-7(2,3)4;1-5(2)6(8)9-4-3-7;1-3-5-8-6(7)4-2/h2-7H,1H2;5H,1H2,2-4H3;7H,1,3-4H2,2H3;4H,2-3,5H2,1H3. The molecule has 0 spiro atoms. The van der Waals surface area contributed by atoms with Crippen LogP contribution in [0.5, 0.6) is 0 Å². The second-order valence-electron chi connectivity index (χ2n) is 7.36. The van der Waals surface area contributed by atoms with Gasteiger partial charge in [-0.3, -0.25) is 0 Å². The van der Waals surface area contributed by atoms with Crippen molar-refractivity contribution >= 4 is 24.0 Å². The molecule has 0 aromatic heterocycles. The summed E-state index contributed by atoms with van der Waals surface area (Å²) < 4.78 is 13.9. The third kappa shape index (κ3) is 28.5. The number of esters is 3. The van der Waals surface area contributed by atoms with Crippen LogP contribution in [0.3, 0.4) is 0 Å². The lowest BCUT2D eigenvalue weighted by atomic mass is 10.2. The van der Waals surface area contributed by atoms with E-state index in [2.05, 4.69) is 35.8 Å². The molecular weight excluding hydrogens is 436 g/mol. The average molecular weight is 477 g/mol. The number of aliphatic hydroxyl groups is 1. The van der Waals surface area contributed by atoms with Crippen molar-refractivity contribution in [1.82, 2.24) is 0 Å². The van der Waals surface area contributed by atoms with E-state index in [-0.39, 0.29) is 25.2 Å². The number of hydrogen-bond donors (Lipinski definition) is 1. The normalized spacial score (nSPS) is 9.00. The minimum Gasteiger partial charge on any atom is -0.463 e. The van der Waals surface area contributed by atoms with Gasteiger partial charge in [-0.1, -0.05) is 69.6 Å². The summed E-state index contributed by atoms with van der Waals surface area (Å²) in [6.07, 6.45) is 5.01. The van der Waals surface area contributed by atoms with Crippen LogP contribution in [-0.2, 0) is 28.6 Å². The first-order chi connectivity index (χ1) is 15.9. The molecule has 1 aromatic rings. The number of benzene rings is 1. The van der Waals surface area contributed by atoms with E-state index < -0.39 is 11.6 Å². The maximum absolute atomic E-state index is 10.5. The molecule has 1 rings (SSSR count). The Morgan fingerprint density at radius 1 is 0.941 bits per heavy atom. The minimum atomic E-state index is -0.455. The van der Waals surface area contributed by atoms with Crippen molar-refractivity contribution < 1.29 is 33.7 Å². The van der Waals surface area contributed by atoms with Crippen LogP contribution in [0, 0.1) is 0 Å². The molecule has 0 aliphatic carbocycles. The summed E-state index contributed by atoms with van der Waals surface area (Å²) in [5, 5.41) is 8.19. The van der Waals surface area contributed by atoms with E-state index in [1.807, 2.05) is 64.1 Å². The monoisotopic (exact) mass is 476 g/mol. The topological polar surface area (TPSA) is 99.1 Å². The van der Waals surface area contributed by atoms with E-state index in [0.717, 1.165) is 18.6 Å². The molecule has 34 heavy (non-hydrogen) atoms. The first-order valence-corrected chi connectivity index (χ1v) is 10.6. The third-order valence-electron chi connectivity index (χ3n) is 2.90. The van der Waals surface area contributed by atoms with E-state index in [1.165, 1.54) is 5.56 Å². The summed E-state index contributed by atoms with van der Waals surface area (Å²) in [4.78, 5) is 31.2. The van der Waals surface area contributed by atoms with Crippen molar-refractivity contribution in [1.29, 1.82) is 0 Å². The predicted molar refractivity (Wildman–Crippen MR) is 137 cm³/mol. The predicted octanol–water partition coefficient (Wildman–Crippen LogP) is 5.07. The second kappa shape index (κ2) is 22.7. The smallest absolute Gasteiger partial charge is 0.333 e. The van der Waals surface area contributed by atoms with Gasteiger partial charge in [-0.2, -0.15) is 0 Å². The lowest BCUT2D eigenvalue weighted by Gasteiger charge is -2.17. The molecule has 1 N–H and O–H groups in total. The van der Waals surface area contributed by atoms with Gasteiger partial charge in [0.2, 0.25) is 0 Å². The molecule has 0 amide bonds. The molecule has 0 saturated heterocycles. The Morgan fingerprint density at radius 3 is 1.76 bits per heavy atom. The van der Waals surface area contributed by atoms with Gasteiger partial charge in [0.1, 0.15) is 12.2 Å². The summed E-state index contributed by atoms with van der Waals surface area (Å²) >= 11 is 0. The highest BCUT2D eigenvalue weighted by atomic mass is 16.6. The average Bonchev–Trinajstić information content (AvgIpc) is 2.81. The van der Waals surface area contributed by atoms with Crippen molar-refractivity contribution in [3.05, 3.63) is 79.9 Å². The van der Waals surface area contributed by atoms with Crippen molar-refractivity contribution in [2.75, 3.05) is 19.8 Å². The highest BCUT2D eigenvalue weighted by molar-refractivity contribution is 5.86. The zero-order valence-corrected chi connectivity index (χ0v) is 21.2. The van der Waals surface area contributed by atoms with Crippen LogP contribution in [-0.4, -0.2) is 48.4 Å². The van der Waals surface area contributed by atoms with Crippen LogP contribution in [0.1, 0.15) is 46.6 Å². The number of ether oxygens (including phenoxy) is 3. The maximum atomic E-state index is 10.5. The van der Waals surface area contributed by atoms with Gasteiger partial charge in [-0.05, 0) is 39.7 Å². The second-order valence-corrected chi connectivity index (χ2v) is 7.36. The van der Waals surface area contributed by atoms with E-state index >= 15 is 0 Å². The summed E-state index contributed by atoms with van der Waals surface area (Å²) in [5.74, 6) is -1.17. The molecule has 190 valence electrons. The molecule has 0 saturated carbocycles. The lowest BCUT2D eigenvalue weighted by Crippen LogP contribution is -2.22. The first-order valence-electron chi connectivity index (χ1n) is 10.6. The fourth-order valence-electron chi connectivity index (χ4n) is 1.46. The highest BCUT2D eigenvalue weighted by Crippen LogP contribution is 2.06. The Kier molecular flexibility index (Phi) is 23.5. The summed E-state index contributed by atoms with van der Waals surface area (Å²) in [6.45, 7) is 22.8. The molecule has 0 bridgehead atoms. The van der Waals surface area contributed by atoms with Gasteiger partial charge in [0.05, 0.1) is 13.2 Å². The van der Waals surface area contributed by atoms with Crippen molar-refractivity contribution in [2.24, 2.45) is 0 Å². The molecule has 0 unspecified atom stereocenters. The first kappa shape index (κ1) is 35.1. The van der Waals surface area contributed by atoms with Crippen LogP contribution >= 0.6 is 0 Å². The van der Waals surface area contributed by atoms with Crippen LogP contribution in [0.2, 0.25) is 0 Å². The van der Waals surface area contributed by atoms with Crippen LogP contribution in [0.15, 0.2) is 74.4 Å². The van der Waals surface area contributed by atoms with Gasteiger partial charge >= 0.3 is 17.9 Å². The van der Waals surface area contributed by atoms with Crippen LogP contribution in [0.4, 0.5) is 0 Å².